The Balaban J connectivity index is 1.91. The number of nitrogens with one attached hydrogen (secondary N) is 1. The van der Waals surface area contributed by atoms with Crippen molar-refractivity contribution in [2.75, 3.05) is 5.32 Å². The molecule has 5 nitrogen and oxygen atoms in total. The molecule has 0 bridgehead atoms. The molecule has 3 aromatic rings. The van der Waals surface area contributed by atoms with E-state index in [4.69, 9.17) is 0 Å². The Labute approximate surface area is 171 Å². The number of anilines is 1. The predicted octanol–water partition coefficient (Wildman–Crippen LogP) is 4.99. The number of nitrogens with zero attached hydrogens (tertiary/aromatic N) is 2. The predicted molar refractivity (Wildman–Crippen MR) is 107 cm³/mol. The molecule has 1 aliphatic rings. The van der Waals surface area contributed by atoms with Gasteiger partial charge in [0.2, 0.25) is 0 Å². The van der Waals surface area contributed by atoms with E-state index in [9.17, 15) is 23.4 Å². The van der Waals surface area contributed by atoms with Crippen molar-refractivity contribution in [3.63, 3.8) is 0 Å². The molecule has 0 amide bonds. The van der Waals surface area contributed by atoms with Gasteiger partial charge in [-0.2, -0.15) is 13.2 Å². The lowest BCUT2D eigenvalue weighted by atomic mass is 9.69. The average Bonchev–Trinajstić information content (AvgIpc) is 2.69. The molecule has 0 fully saturated rings. The van der Waals surface area contributed by atoms with E-state index >= 15 is 0 Å². The second-order valence-corrected chi connectivity index (χ2v) is 7.74. The number of phenols is 1. The van der Waals surface area contributed by atoms with Crippen LogP contribution in [0.1, 0.15) is 48.7 Å². The van der Waals surface area contributed by atoms with Crippen LogP contribution in [0.3, 0.4) is 0 Å². The summed E-state index contributed by atoms with van der Waals surface area (Å²) < 4.78 is 42.5. The number of phenolic OH excluding ortho intramolecular Hbond substituents is 1. The van der Waals surface area contributed by atoms with Crippen molar-refractivity contribution in [1.29, 1.82) is 0 Å². The minimum atomic E-state index is -4.88. The third-order valence-corrected chi connectivity index (χ3v) is 5.90. The zero-order valence-electron chi connectivity index (χ0n) is 16.5. The highest BCUT2D eigenvalue weighted by molar-refractivity contribution is 5.91. The molecule has 1 heterocycles. The van der Waals surface area contributed by atoms with Gasteiger partial charge in [0, 0.05) is 22.8 Å². The smallest absolute Gasteiger partial charge is 0.419 e. The summed E-state index contributed by atoms with van der Waals surface area (Å²) in [6, 6.07) is 8.04. The molecule has 0 radical (unpaired) electrons. The maximum atomic E-state index is 14.2. The molecule has 1 unspecified atom stereocenters. The Kier molecular flexibility index (Phi) is 4.85. The Morgan fingerprint density at radius 1 is 1.20 bits per heavy atom. The Morgan fingerprint density at radius 2 is 1.93 bits per heavy atom. The van der Waals surface area contributed by atoms with Crippen LogP contribution in [0.25, 0.3) is 10.9 Å². The summed E-state index contributed by atoms with van der Waals surface area (Å²) in [6.45, 7) is 3.48. The van der Waals surface area contributed by atoms with Crippen molar-refractivity contribution in [3.05, 3.63) is 59.5 Å². The maximum Gasteiger partial charge on any atom is 0.419 e. The third-order valence-electron chi connectivity index (χ3n) is 5.90. The lowest BCUT2D eigenvalue weighted by Gasteiger charge is -2.45. The zero-order chi connectivity index (χ0) is 21.7. The fourth-order valence-corrected chi connectivity index (χ4v) is 4.37. The van der Waals surface area contributed by atoms with Crippen LogP contribution in [0.15, 0.2) is 42.6 Å². The number of aliphatic hydroxyl groups is 1. The van der Waals surface area contributed by atoms with Crippen LogP contribution >= 0.6 is 0 Å². The normalized spacial score (nSPS) is 23.9. The van der Waals surface area contributed by atoms with Gasteiger partial charge in [0.15, 0.2) is 5.60 Å². The molecular weight excluding hydrogens is 395 g/mol. The fraction of sp³-hybridized carbons (Fsp3) is 0.364. The fourth-order valence-electron chi connectivity index (χ4n) is 4.37. The molecule has 4 rings (SSSR count). The summed E-state index contributed by atoms with van der Waals surface area (Å²) in [5.74, 6) is -0.137. The monoisotopic (exact) mass is 417 g/mol. The second-order valence-electron chi connectivity index (χ2n) is 7.74. The van der Waals surface area contributed by atoms with Gasteiger partial charge >= 0.3 is 6.18 Å². The molecule has 0 saturated carbocycles. The number of hydrogen-bond donors (Lipinski definition) is 3. The van der Waals surface area contributed by atoms with E-state index < -0.39 is 30.2 Å². The minimum absolute atomic E-state index is 0.0627. The lowest BCUT2D eigenvalue weighted by Crippen LogP contribution is -2.55. The number of rotatable bonds is 3. The number of aromatic nitrogens is 2. The van der Waals surface area contributed by atoms with E-state index in [0.29, 0.717) is 34.4 Å². The Morgan fingerprint density at radius 3 is 2.63 bits per heavy atom. The average molecular weight is 417 g/mol. The highest BCUT2D eigenvalue weighted by Crippen LogP contribution is 2.55. The quantitative estimate of drug-likeness (QED) is 0.560. The molecule has 0 aliphatic heterocycles. The van der Waals surface area contributed by atoms with Crippen LogP contribution in [0.2, 0.25) is 0 Å². The number of fused-ring (bicyclic) bond motifs is 2. The molecule has 3 atom stereocenters. The van der Waals surface area contributed by atoms with Crippen LogP contribution in [-0.4, -0.2) is 32.0 Å². The minimum Gasteiger partial charge on any atom is -0.508 e. The first-order chi connectivity index (χ1) is 14.2. The molecule has 158 valence electrons. The van der Waals surface area contributed by atoms with Gasteiger partial charge in [0.1, 0.15) is 11.6 Å². The standard InChI is InChI=1S/C22H22F3N3O2/c1-3-13-10-21(30,22(23,24)25)20(14-6-4-9-18(29)19(13)14)28-17-8-5-7-16-15(17)11-26-12(2)27-16/h4-9,11,13,20,28-30H,3,10H2,1-2H3/t13-,20+,21?/m1/s1. The van der Waals surface area contributed by atoms with Gasteiger partial charge in [0.25, 0.3) is 0 Å². The topological polar surface area (TPSA) is 78.3 Å². The zero-order valence-corrected chi connectivity index (χ0v) is 16.5. The number of alkyl halides is 3. The molecule has 8 heteroatoms. The maximum absolute atomic E-state index is 14.2. The van der Waals surface area contributed by atoms with Crippen molar-refractivity contribution < 1.29 is 23.4 Å². The molecule has 0 spiro atoms. The molecular formula is C22H22F3N3O2. The van der Waals surface area contributed by atoms with Gasteiger partial charge in [-0.3, -0.25) is 0 Å². The first kappa shape index (κ1) is 20.4. The van der Waals surface area contributed by atoms with Gasteiger partial charge in [-0.1, -0.05) is 25.1 Å². The van der Waals surface area contributed by atoms with E-state index in [1.165, 1.54) is 18.2 Å². The first-order valence-corrected chi connectivity index (χ1v) is 9.75. The van der Waals surface area contributed by atoms with Crippen molar-refractivity contribution >= 4 is 16.6 Å². The van der Waals surface area contributed by atoms with Crippen LogP contribution in [0.4, 0.5) is 18.9 Å². The van der Waals surface area contributed by atoms with Gasteiger partial charge in [-0.15, -0.1) is 0 Å². The third kappa shape index (κ3) is 3.15. The highest BCUT2D eigenvalue weighted by atomic mass is 19.4. The van der Waals surface area contributed by atoms with Crippen molar-refractivity contribution in [2.45, 2.75) is 50.4 Å². The number of aryl methyl sites for hydroxylation is 1. The lowest BCUT2D eigenvalue weighted by molar-refractivity contribution is -0.272. The van der Waals surface area contributed by atoms with Crippen molar-refractivity contribution in [1.82, 2.24) is 9.97 Å². The van der Waals surface area contributed by atoms with E-state index in [2.05, 4.69) is 15.3 Å². The van der Waals surface area contributed by atoms with Gasteiger partial charge in [-0.05, 0) is 49.4 Å². The van der Waals surface area contributed by atoms with Crippen LogP contribution in [0.5, 0.6) is 5.75 Å². The van der Waals surface area contributed by atoms with Crippen LogP contribution in [0, 0.1) is 6.92 Å². The number of hydrogen-bond acceptors (Lipinski definition) is 5. The molecule has 30 heavy (non-hydrogen) atoms. The first-order valence-electron chi connectivity index (χ1n) is 9.75. The molecule has 3 N–H and O–H groups in total. The number of aromatic hydroxyl groups is 1. The van der Waals surface area contributed by atoms with Gasteiger partial charge < -0.3 is 15.5 Å². The van der Waals surface area contributed by atoms with E-state index in [1.807, 2.05) is 0 Å². The molecule has 1 aliphatic carbocycles. The van der Waals surface area contributed by atoms with Crippen LogP contribution < -0.4 is 5.32 Å². The molecule has 2 aromatic carbocycles. The molecule has 1 aromatic heterocycles. The summed E-state index contributed by atoms with van der Waals surface area (Å²) in [4.78, 5) is 8.48. The number of halogens is 3. The summed E-state index contributed by atoms with van der Waals surface area (Å²) in [5.41, 5.74) is -1.37. The SMILES string of the molecule is CC[C@@H]1CC(O)(C(F)(F)F)[C@@H](Nc2cccc3nc(C)ncc23)c2cccc(O)c21. The second kappa shape index (κ2) is 7.12. The highest BCUT2D eigenvalue weighted by Gasteiger charge is 2.62. The Hall–Kier alpha value is -2.87. The number of benzene rings is 2. The Bertz CT molecular complexity index is 1100. The van der Waals surface area contributed by atoms with Crippen molar-refractivity contribution in [2.24, 2.45) is 0 Å². The van der Waals surface area contributed by atoms with E-state index in [1.54, 1.807) is 38.2 Å². The summed E-state index contributed by atoms with van der Waals surface area (Å²) >= 11 is 0. The summed E-state index contributed by atoms with van der Waals surface area (Å²) in [6.07, 6.45) is -3.51. The van der Waals surface area contributed by atoms with Crippen LogP contribution in [-0.2, 0) is 0 Å². The summed E-state index contributed by atoms with van der Waals surface area (Å²) in [7, 11) is 0. The van der Waals surface area contributed by atoms with Gasteiger partial charge in [-0.25, -0.2) is 9.97 Å². The molecule has 0 saturated heterocycles. The van der Waals surface area contributed by atoms with E-state index in [-0.39, 0.29) is 11.3 Å². The van der Waals surface area contributed by atoms with Gasteiger partial charge in [0.05, 0.1) is 11.6 Å². The van der Waals surface area contributed by atoms with E-state index in [0.717, 1.165) is 0 Å². The summed E-state index contributed by atoms with van der Waals surface area (Å²) in [5, 5.41) is 24.8. The largest absolute Gasteiger partial charge is 0.508 e. The van der Waals surface area contributed by atoms with Crippen molar-refractivity contribution in [3.8, 4) is 5.75 Å².